The molecule has 0 unspecified atom stereocenters. The van der Waals surface area contributed by atoms with Crippen LogP contribution in [0.3, 0.4) is 0 Å². The Balaban J connectivity index is 1.48. The zero-order chi connectivity index (χ0) is 19.5. The fourth-order valence-electron chi connectivity index (χ4n) is 2.68. The zero-order valence-corrected chi connectivity index (χ0v) is 15.8. The molecule has 7 heteroatoms. The molecule has 0 fully saturated rings. The van der Waals surface area contributed by atoms with Crippen molar-refractivity contribution in [3.8, 4) is 11.4 Å². The van der Waals surface area contributed by atoms with Crippen molar-refractivity contribution in [2.24, 2.45) is 0 Å². The van der Waals surface area contributed by atoms with Crippen molar-refractivity contribution in [2.75, 3.05) is 11.9 Å². The molecular formula is C21H17ClN4O2. The smallest absolute Gasteiger partial charge is 0.262 e. The van der Waals surface area contributed by atoms with E-state index in [0.29, 0.717) is 22.0 Å². The van der Waals surface area contributed by atoms with Crippen molar-refractivity contribution in [3.63, 3.8) is 0 Å². The van der Waals surface area contributed by atoms with E-state index < -0.39 is 0 Å². The predicted molar refractivity (Wildman–Crippen MR) is 109 cm³/mol. The van der Waals surface area contributed by atoms with Crippen LogP contribution in [-0.2, 0) is 4.79 Å². The number of carbonyl (C=O) groups is 1. The van der Waals surface area contributed by atoms with Gasteiger partial charge in [0.1, 0.15) is 16.8 Å². The van der Waals surface area contributed by atoms with Gasteiger partial charge < -0.3 is 10.1 Å². The molecule has 0 spiro atoms. The highest BCUT2D eigenvalue weighted by molar-refractivity contribution is 6.31. The summed E-state index contributed by atoms with van der Waals surface area (Å²) in [6.45, 7) is 1.87. The topological polar surface area (TPSA) is 69.0 Å². The summed E-state index contributed by atoms with van der Waals surface area (Å²) in [7, 11) is 0. The van der Waals surface area contributed by atoms with Gasteiger partial charge in [0.2, 0.25) is 0 Å². The van der Waals surface area contributed by atoms with Crippen LogP contribution in [-0.4, -0.2) is 27.5 Å². The fraction of sp³-hybridized carbons (Fsp3) is 0.0952. The lowest BCUT2D eigenvalue weighted by molar-refractivity contribution is -0.118. The summed E-state index contributed by atoms with van der Waals surface area (Å²) < 4.78 is 5.45. The number of fused-ring (bicyclic) bond motifs is 1. The molecule has 0 atom stereocenters. The SMILES string of the molecule is Cc1ccc(-n2nc3ccc(NC(=O)COc4ccccc4)cc3n2)cc1Cl. The highest BCUT2D eigenvalue weighted by atomic mass is 35.5. The molecule has 6 nitrogen and oxygen atoms in total. The average Bonchev–Trinajstić information content (AvgIpc) is 3.13. The number of aryl methyl sites for hydroxylation is 1. The van der Waals surface area contributed by atoms with Crippen LogP contribution in [0.5, 0.6) is 5.75 Å². The van der Waals surface area contributed by atoms with Crippen molar-refractivity contribution in [1.82, 2.24) is 15.0 Å². The first kappa shape index (κ1) is 18.0. The van der Waals surface area contributed by atoms with E-state index in [1.807, 2.05) is 49.4 Å². The lowest BCUT2D eigenvalue weighted by Crippen LogP contribution is -2.20. The molecular weight excluding hydrogens is 376 g/mol. The molecule has 0 bridgehead atoms. The minimum absolute atomic E-state index is 0.0728. The van der Waals surface area contributed by atoms with E-state index in [-0.39, 0.29) is 12.5 Å². The molecule has 1 heterocycles. The lowest BCUT2D eigenvalue weighted by Gasteiger charge is -2.07. The van der Waals surface area contributed by atoms with Gasteiger partial charge in [0, 0.05) is 10.7 Å². The number of hydrogen-bond acceptors (Lipinski definition) is 4. The van der Waals surface area contributed by atoms with Crippen molar-refractivity contribution >= 4 is 34.2 Å². The quantitative estimate of drug-likeness (QED) is 0.546. The second kappa shape index (κ2) is 7.70. The van der Waals surface area contributed by atoms with E-state index in [2.05, 4.69) is 15.5 Å². The molecule has 1 amide bonds. The first-order valence-corrected chi connectivity index (χ1v) is 9.07. The van der Waals surface area contributed by atoms with Crippen molar-refractivity contribution in [3.05, 3.63) is 77.3 Å². The number of hydrogen-bond donors (Lipinski definition) is 1. The summed E-state index contributed by atoms with van der Waals surface area (Å²) in [6, 6.07) is 20.2. The molecule has 0 aliphatic rings. The van der Waals surface area contributed by atoms with Crippen molar-refractivity contribution < 1.29 is 9.53 Å². The van der Waals surface area contributed by atoms with E-state index in [4.69, 9.17) is 16.3 Å². The molecule has 1 aromatic heterocycles. The van der Waals surface area contributed by atoms with Crippen LogP contribution in [0.15, 0.2) is 66.7 Å². The summed E-state index contributed by atoms with van der Waals surface area (Å²) in [5.74, 6) is 0.397. The molecule has 0 saturated carbocycles. The normalized spacial score (nSPS) is 10.8. The average molecular weight is 393 g/mol. The van der Waals surface area contributed by atoms with E-state index in [1.54, 1.807) is 24.3 Å². The van der Waals surface area contributed by atoms with Gasteiger partial charge in [-0.05, 0) is 55.0 Å². The Labute approximate surface area is 166 Å². The molecule has 0 saturated heterocycles. The number of anilines is 1. The van der Waals surface area contributed by atoms with Gasteiger partial charge in [-0.3, -0.25) is 4.79 Å². The minimum atomic E-state index is -0.249. The van der Waals surface area contributed by atoms with Gasteiger partial charge in [-0.1, -0.05) is 35.9 Å². The van der Waals surface area contributed by atoms with Gasteiger partial charge in [0.25, 0.3) is 5.91 Å². The van der Waals surface area contributed by atoms with Crippen LogP contribution in [0.2, 0.25) is 5.02 Å². The molecule has 3 aromatic carbocycles. The van der Waals surface area contributed by atoms with Crippen LogP contribution >= 0.6 is 11.6 Å². The van der Waals surface area contributed by atoms with Gasteiger partial charge in [-0.15, -0.1) is 10.2 Å². The summed E-state index contributed by atoms with van der Waals surface area (Å²) in [4.78, 5) is 13.7. The van der Waals surface area contributed by atoms with E-state index in [9.17, 15) is 4.79 Å². The number of para-hydroxylation sites is 1. The lowest BCUT2D eigenvalue weighted by atomic mass is 10.2. The zero-order valence-electron chi connectivity index (χ0n) is 15.1. The Morgan fingerprint density at radius 1 is 1.04 bits per heavy atom. The van der Waals surface area contributed by atoms with Crippen molar-refractivity contribution in [1.29, 1.82) is 0 Å². The predicted octanol–water partition coefficient (Wildman–Crippen LogP) is 4.40. The number of nitrogens with zero attached hydrogens (tertiary/aromatic N) is 3. The molecule has 28 heavy (non-hydrogen) atoms. The first-order chi connectivity index (χ1) is 13.6. The minimum Gasteiger partial charge on any atom is -0.484 e. The summed E-state index contributed by atoms with van der Waals surface area (Å²) in [5.41, 5.74) is 3.77. The van der Waals surface area contributed by atoms with E-state index in [1.165, 1.54) is 4.80 Å². The van der Waals surface area contributed by atoms with Gasteiger partial charge in [0.15, 0.2) is 6.61 Å². The number of ether oxygens (including phenoxy) is 1. The number of halogens is 1. The van der Waals surface area contributed by atoms with E-state index >= 15 is 0 Å². The van der Waals surface area contributed by atoms with Gasteiger partial charge in [0.05, 0.1) is 5.69 Å². The Kier molecular flexibility index (Phi) is 4.95. The van der Waals surface area contributed by atoms with Crippen LogP contribution < -0.4 is 10.1 Å². The number of nitrogens with one attached hydrogen (secondary N) is 1. The molecule has 1 N–H and O–H groups in total. The Bertz CT molecular complexity index is 1140. The number of amides is 1. The first-order valence-electron chi connectivity index (χ1n) is 8.70. The maximum atomic E-state index is 12.1. The maximum absolute atomic E-state index is 12.1. The summed E-state index contributed by atoms with van der Waals surface area (Å²) >= 11 is 6.19. The Morgan fingerprint density at radius 3 is 2.61 bits per heavy atom. The molecule has 4 aromatic rings. The second-order valence-electron chi connectivity index (χ2n) is 6.28. The number of rotatable bonds is 5. The van der Waals surface area contributed by atoms with Crippen LogP contribution in [0, 0.1) is 6.92 Å². The molecule has 0 radical (unpaired) electrons. The van der Waals surface area contributed by atoms with Gasteiger partial charge >= 0.3 is 0 Å². The van der Waals surface area contributed by atoms with Gasteiger partial charge in [-0.2, -0.15) is 4.80 Å². The number of carbonyl (C=O) groups excluding carboxylic acids is 1. The molecule has 140 valence electrons. The fourth-order valence-corrected chi connectivity index (χ4v) is 2.85. The highest BCUT2D eigenvalue weighted by Gasteiger charge is 2.09. The third-order valence-corrected chi connectivity index (χ3v) is 4.57. The van der Waals surface area contributed by atoms with Crippen LogP contribution in [0.4, 0.5) is 5.69 Å². The molecule has 0 aliphatic heterocycles. The number of benzene rings is 3. The van der Waals surface area contributed by atoms with Crippen molar-refractivity contribution in [2.45, 2.75) is 6.92 Å². The van der Waals surface area contributed by atoms with Crippen LogP contribution in [0.1, 0.15) is 5.56 Å². The Morgan fingerprint density at radius 2 is 1.82 bits per heavy atom. The standard InChI is InChI=1S/C21H17ClN4O2/c1-14-7-9-16(12-18(14)22)26-24-19-10-8-15(11-20(19)25-26)23-21(27)13-28-17-5-3-2-4-6-17/h2-12H,13H2,1H3,(H,23,27). The molecule has 0 aliphatic carbocycles. The second-order valence-corrected chi connectivity index (χ2v) is 6.68. The maximum Gasteiger partial charge on any atom is 0.262 e. The highest BCUT2D eigenvalue weighted by Crippen LogP contribution is 2.21. The largest absolute Gasteiger partial charge is 0.484 e. The third kappa shape index (κ3) is 3.97. The third-order valence-electron chi connectivity index (χ3n) is 4.16. The molecule has 4 rings (SSSR count). The van der Waals surface area contributed by atoms with Gasteiger partial charge in [-0.25, -0.2) is 0 Å². The number of aromatic nitrogens is 3. The Hall–Kier alpha value is -3.38. The summed E-state index contributed by atoms with van der Waals surface area (Å²) in [6.07, 6.45) is 0. The van der Waals surface area contributed by atoms with Crippen LogP contribution in [0.25, 0.3) is 16.7 Å². The summed E-state index contributed by atoms with van der Waals surface area (Å²) in [5, 5.41) is 12.4. The van der Waals surface area contributed by atoms with E-state index in [0.717, 1.165) is 16.8 Å². The monoisotopic (exact) mass is 392 g/mol.